The molecule has 1 aliphatic rings. The van der Waals surface area contributed by atoms with E-state index in [9.17, 15) is 9.90 Å². The third-order valence-electron chi connectivity index (χ3n) is 4.07. The summed E-state index contributed by atoms with van der Waals surface area (Å²) in [6.45, 7) is 2.99. The van der Waals surface area contributed by atoms with E-state index in [0.717, 1.165) is 44.3 Å². The summed E-state index contributed by atoms with van der Waals surface area (Å²) in [4.78, 5) is 18.3. The van der Waals surface area contributed by atoms with Gasteiger partial charge in [0.2, 0.25) is 0 Å². The van der Waals surface area contributed by atoms with Crippen molar-refractivity contribution < 1.29 is 9.90 Å². The van der Waals surface area contributed by atoms with Crippen LogP contribution in [0.4, 0.5) is 5.69 Å². The number of rotatable bonds is 5. The van der Waals surface area contributed by atoms with Crippen molar-refractivity contribution >= 4 is 11.6 Å². The number of amides is 1. The number of hydrogen-bond donors (Lipinski definition) is 2. The molecule has 1 fully saturated rings. The van der Waals surface area contributed by atoms with Gasteiger partial charge in [-0.25, -0.2) is 4.98 Å². The van der Waals surface area contributed by atoms with E-state index in [-0.39, 0.29) is 11.9 Å². The second-order valence-electron chi connectivity index (χ2n) is 5.69. The highest BCUT2D eigenvalue weighted by atomic mass is 16.3. The fraction of sp³-hybridized carbons (Fsp3) is 0.625. The summed E-state index contributed by atoms with van der Waals surface area (Å²) in [5.74, 6) is -0.122. The molecule has 1 aromatic heterocycles. The van der Waals surface area contributed by atoms with Gasteiger partial charge in [-0.15, -0.1) is 0 Å². The van der Waals surface area contributed by atoms with Crippen LogP contribution in [0.5, 0.6) is 0 Å². The van der Waals surface area contributed by atoms with E-state index in [1.807, 2.05) is 6.07 Å². The van der Waals surface area contributed by atoms with E-state index >= 15 is 0 Å². The van der Waals surface area contributed by atoms with Crippen molar-refractivity contribution in [2.75, 3.05) is 18.9 Å². The van der Waals surface area contributed by atoms with Gasteiger partial charge >= 0.3 is 0 Å². The predicted molar refractivity (Wildman–Crippen MR) is 83.4 cm³/mol. The molecule has 1 saturated carbocycles. The average Bonchev–Trinajstić information content (AvgIpc) is 2.52. The molecular weight excluding hydrogens is 266 g/mol. The first-order chi connectivity index (χ1) is 10.1. The van der Waals surface area contributed by atoms with Gasteiger partial charge in [0.05, 0.1) is 24.0 Å². The molecule has 5 heteroatoms. The number of aliphatic hydroxyl groups excluding tert-OH is 1. The van der Waals surface area contributed by atoms with Crippen LogP contribution in [-0.2, 0) is 0 Å². The molecule has 2 atom stereocenters. The summed E-state index contributed by atoms with van der Waals surface area (Å²) >= 11 is 0. The smallest absolute Gasteiger partial charge is 0.272 e. The van der Waals surface area contributed by atoms with Gasteiger partial charge in [-0.2, -0.15) is 0 Å². The quantitative estimate of drug-likeness (QED) is 0.873. The van der Waals surface area contributed by atoms with Crippen molar-refractivity contribution in [2.45, 2.75) is 51.2 Å². The lowest BCUT2D eigenvalue weighted by atomic mass is 9.91. The summed E-state index contributed by atoms with van der Waals surface area (Å²) in [6.07, 6.45) is 6.05. The Morgan fingerprint density at radius 2 is 2.19 bits per heavy atom. The second kappa shape index (κ2) is 7.41. The molecular formula is C16H25N3O2. The van der Waals surface area contributed by atoms with Crippen molar-refractivity contribution in [1.29, 1.82) is 0 Å². The van der Waals surface area contributed by atoms with E-state index in [4.69, 9.17) is 0 Å². The second-order valence-corrected chi connectivity index (χ2v) is 5.69. The summed E-state index contributed by atoms with van der Waals surface area (Å²) < 4.78 is 0. The summed E-state index contributed by atoms with van der Waals surface area (Å²) in [6, 6.07) is 3.53. The minimum Gasteiger partial charge on any atom is -0.391 e. The standard InChI is InChI=1S/C16H25N3O2/c1-3-10-17-12-8-9-13(18-11-12)16(21)19(2)14-6-4-5-7-15(14)20/h8-9,11,14-15,17,20H,3-7,10H2,1-2H3. The number of likely N-dealkylation sites (N-methyl/N-ethyl adjacent to an activating group) is 1. The molecule has 0 aromatic carbocycles. The van der Waals surface area contributed by atoms with E-state index in [0.29, 0.717) is 5.69 Å². The Balaban J connectivity index is 2.01. The van der Waals surface area contributed by atoms with Crippen molar-refractivity contribution in [2.24, 2.45) is 0 Å². The molecule has 1 aliphatic carbocycles. The lowest BCUT2D eigenvalue weighted by Crippen LogP contribution is -2.46. The third-order valence-corrected chi connectivity index (χ3v) is 4.07. The molecule has 0 saturated heterocycles. The minimum absolute atomic E-state index is 0.0917. The summed E-state index contributed by atoms with van der Waals surface area (Å²) in [5, 5.41) is 13.3. The number of nitrogens with one attached hydrogen (secondary N) is 1. The number of anilines is 1. The monoisotopic (exact) mass is 291 g/mol. The van der Waals surface area contributed by atoms with Crippen LogP contribution in [0.3, 0.4) is 0 Å². The molecule has 21 heavy (non-hydrogen) atoms. The predicted octanol–water partition coefficient (Wildman–Crippen LogP) is 2.28. The molecule has 0 spiro atoms. The van der Waals surface area contributed by atoms with Crippen LogP contribution in [0.25, 0.3) is 0 Å². The fourth-order valence-electron chi connectivity index (χ4n) is 2.77. The zero-order valence-corrected chi connectivity index (χ0v) is 12.9. The number of carbonyl (C=O) groups excluding carboxylic acids is 1. The van der Waals surface area contributed by atoms with Gasteiger partial charge in [-0.1, -0.05) is 19.8 Å². The van der Waals surface area contributed by atoms with Crippen LogP contribution >= 0.6 is 0 Å². The highest BCUT2D eigenvalue weighted by molar-refractivity contribution is 5.92. The molecule has 0 aliphatic heterocycles. The SMILES string of the molecule is CCCNc1ccc(C(=O)N(C)C2CCCCC2O)nc1. The Morgan fingerprint density at radius 1 is 1.43 bits per heavy atom. The maximum Gasteiger partial charge on any atom is 0.272 e. The Hall–Kier alpha value is -1.62. The van der Waals surface area contributed by atoms with Crippen LogP contribution in [0.1, 0.15) is 49.5 Å². The van der Waals surface area contributed by atoms with Gasteiger partial charge in [0.15, 0.2) is 0 Å². The maximum absolute atomic E-state index is 12.4. The van der Waals surface area contributed by atoms with E-state index in [1.54, 1.807) is 24.2 Å². The normalized spacial score (nSPS) is 21.9. The topological polar surface area (TPSA) is 65.5 Å². The Kier molecular flexibility index (Phi) is 5.56. The van der Waals surface area contributed by atoms with E-state index in [1.165, 1.54) is 0 Å². The van der Waals surface area contributed by atoms with Crippen LogP contribution in [0, 0.1) is 0 Å². The molecule has 0 bridgehead atoms. The largest absolute Gasteiger partial charge is 0.391 e. The van der Waals surface area contributed by atoms with Crippen molar-refractivity contribution in [3.05, 3.63) is 24.0 Å². The highest BCUT2D eigenvalue weighted by Crippen LogP contribution is 2.23. The molecule has 0 radical (unpaired) electrons. The Bertz CT molecular complexity index is 461. The summed E-state index contributed by atoms with van der Waals surface area (Å²) in [5.41, 5.74) is 1.35. The van der Waals surface area contributed by atoms with Gasteiger partial charge in [-0.05, 0) is 31.4 Å². The first kappa shape index (κ1) is 15.8. The van der Waals surface area contributed by atoms with Crippen LogP contribution < -0.4 is 5.32 Å². The molecule has 1 amide bonds. The van der Waals surface area contributed by atoms with Gasteiger partial charge in [0, 0.05) is 13.6 Å². The van der Waals surface area contributed by atoms with Crippen LogP contribution in [-0.4, -0.2) is 46.6 Å². The molecule has 2 rings (SSSR count). The maximum atomic E-state index is 12.4. The first-order valence-corrected chi connectivity index (χ1v) is 7.78. The molecule has 1 aromatic rings. The third kappa shape index (κ3) is 3.94. The van der Waals surface area contributed by atoms with E-state index < -0.39 is 6.10 Å². The number of carbonyl (C=O) groups is 1. The average molecular weight is 291 g/mol. The van der Waals surface area contributed by atoms with E-state index in [2.05, 4.69) is 17.2 Å². The lowest BCUT2D eigenvalue weighted by molar-refractivity contribution is 0.0264. The molecule has 1 heterocycles. The van der Waals surface area contributed by atoms with Crippen molar-refractivity contribution in [1.82, 2.24) is 9.88 Å². The molecule has 116 valence electrons. The van der Waals surface area contributed by atoms with Gasteiger partial charge < -0.3 is 15.3 Å². The zero-order valence-electron chi connectivity index (χ0n) is 12.9. The highest BCUT2D eigenvalue weighted by Gasteiger charge is 2.30. The van der Waals surface area contributed by atoms with Crippen LogP contribution in [0.15, 0.2) is 18.3 Å². The summed E-state index contributed by atoms with van der Waals surface area (Å²) in [7, 11) is 1.76. The van der Waals surface area contributed by atoms with Gasteiger partial charge in [0.25, 0.3) is 5.91 Å². The number of hydrogen-bond acceptors (Lipinski definition) is 4. The Morgan fingerprint density at radius 3 is 2.81 bits per heavy atom. The van der Waals surface area contributed by atoms with Crippen molar-refractivity contribution in [3.63, 3.8) is 0 Å². The zero-order chi connectivity index (χ0) is 15.2. The first-order valence-electron chi connectivity index (χ1n) is 7.78. The van der Waals surface area contributed by atoms with Gasteiger partial charge in [0.1, 0.15) is 5.69 Å². The molecule has 2 N–H and O–H groups in total. The molecule has 2 unspecified atom stereocenters. The van der Waals surface area contributed by atoms with Crippen molar-refractivity contribution in [3.8, 4) is 0 Å². The number of aliphatic hydroxyl groups is 1. The number of nitrogens with zero attached hydrogens (tertiary/aromatic N) is 2. The van der Waals surface area contributed by atoms with Gasteiger partial charge in [-0.3, -0.25) is 4.79 Å². The fourth-order valence-corrected chi connectivity index (χ4v) is 2.77. The Labute approximate surface area is 126 Å². The molecule has 5 nitrogen and oxygen atoms in total. The lowest BCUT2D eigenvalue weighted by Gasteiger charge is -2.35. The number of pyridine rings is 1. The number of aromatic nitrogens is 1. The minimum atomic E-state index is -0.418. The van der Waals surface area contributed by atoms with Crippen LogP contribution in [0.2, 0.25) is 0 Å².